The molecule has 0 fully saturated rings. The first-order valence-corrected chi connectivity index (χ1v) is 7.58. The van der Waals surface area contributed by atoms with Crippen LogP contribution in [0.15, 0.2) is 72.8 Å². The number of anilines is 3. The topological polar surface area (TPSA) is 47.3 Å². The van der Waals surface area contributed by atoms with Crippen molar-refractivity contribution in [2.24, 2.45) is 0 Å². The fraction of sp³-hybridized carbons (Fsp3) is 0.100. The number of nitrogen functional groups attached to an aromatic ring is 1. The van der Waals surface area contributed by atoms with E-state index in [1.165, 1.54) is 11.1 Å². The Hall–Kier alpha value is -2.94. The molecule has 0 aliphatic carbocycles. The molecule has 23 heavy (non-hydrogen) atoms. The standard InChI is InChI=1S/C20H20N2O/c1-23-20-14-16(13-15-7-10-17(21)11-8-15)9-12-19(20)22-18-5-3-2-4-6-18/h2-12,14,22H,13,21H2,1H3. The average molecular weight is 304 g/mol. The van der Waals surface area contributed by atoms with Crippen molar-refractivity contribution in [3.05, 3.63) is 83.9 Å². The Morgan fingerprint density at radius 1 is 0.870 bits per heavy atom. The average Bonchev–Trinajstić information content (AvgIpc) is 2.59. The predicted octanol–water partition coefficient (Wildman–Crippen LogP) is 4.61. The van der Waals surface area contributed by atoms with Gasteiger partial charge in [0.05, 0.1) is 12.8 Å². The molecule has 0 unspecified atom stereocenters. The molecule has 0 saturated carbocycles. The molecule has 116 valence electrons. The lowest BCUT2D eigenvalue weighted by molar-refractivity contribution is 0.416. The minimum absolute atomic E-state index is 0.786. The Bertz CT molecular complexity index is 767. The monoisotopic (exact) mass is 304 g/mol. The number of nitrogens with two attached hydrogens (primary N) is 1. The molecule has 0 atom stereocenters. The van der Waals surface area contributed by atoms with Gasteiger partial charge >= 0.3 is 0 Å². The van der Waals surface area contributed by atoms with Crippen LogP contribution >= 0.6 is 0 Å². The fourth-order valence-electron chi connectivity index (χ4n) is 2.50. The highest BCUT2D eigenvalue weighted by Gasteiger charge is 2.06. The van der Waals surface area contributed by atoms with Crippen molar-refractivity contribution in [2.75, 3.05) is 18.2 Å². The molecule has 0 bridgehead atoms. The SMILES string of the molecule is COc1cc(Cc2ccc(N)cc2)ccc1Nc1ccccc1. The Morgan fingerprint density at radius 3 is 2.26 bits per heavy atom. The van der Waals surface area contributed by atoms with E-state index in [-0.39, 0.29) is 0 Å². The van der Waals surface area contributed by atoms with Crippen LogP contribution in [-0.2, 0) is 6.42 Å². The van der Waals surface area contributed by atoms with Gasteiger partial charge in [0.15, 0.2) is 0 Å². The molecule has 3 rings (SSSR count). The zero-order valence-electron chi connectivity index (χ0n) is 13.1. The minimum atomic E-state index is 0.786. The van der Waals surface area contributed by atoms with Gasteiger partial charge in [0.1, 0.15) is 5.75 Å². The largest absolute Gasteiger partial charge is 0.495 e. The number of ether oxygens (including phenoxy) is 1. The Labute approximate surface area is 136 Å². The van der Waals surface area contributed by atoms with E-state index in [4.69, 9.17) is 10.5 Å². The zero-order chi connectivity index (χ0) is 16.1. The Kier molecular flexibility index (Phi) is 4.48. The molecule has 3 aromatic carbocycles. The third kappa shape index (κ3) is 3.83. The van der Waals surface area contributed by atoms with Crippen LogP contribution in [0.25, 0.3) is 0 Å². The molecule has 0 spiro atoms. The van der Waals surface area contributed by atoms with E-state index >= 15 is 0 Å². The second-order valence-corrected chi connectivity index (χ2v) is 5.44. The summed E-state index contributed by atoms with van der Waals surface area (Å²) in [6.07, 6.45) is 0.849. The maximum Gasteiger partial charge on any atom is 0.142 e. The molecule has 0 amide bonds. The molecule has 0 aliphatic rings. The Balaban J connectivity index is 1.80. The molecule has 3 aromatic rings. The van der Waals surface area contributed by atoms with Gasteiger partial charge in [-0.1, -0.05) is 36.4 Å². The molecular formula is C20H20N2O. The number of rotatable bonds is 5. The van der Waals surface area contributed by atoms with Gasteiger partial charge in [-0.25, -0.2) is 0 Å². The van der Waals surface area contributed by atoms with Crippen LogP contribution < -0.4 is 15.8 Å². The lowest BCUT2D eigenvalue weighted by atomic mass is 10.0. The van der Waals surface area contributed by atoms with Gasteiger partial charge < -0.3 is 15.8 Å². The normalized spacial score (nSPS) is 10.3. The van der Waals surface area contributed by atoms with Crippen molar-refractivity contribution in [1.82, 2.24) is 0 Å². The minimum Gasteiger partial charge on any atom is -0.495 e. The predicted molar refractivity (Wildman–Crippen MR) is 96.4 cm³/mol. The van der Waals surface area contributed by atoms with E-state index in [0.717, 1.165) is 29.2 Å². The van der Waals surface area contributed by atoms with Crippen molar-refractivity contribution in [2.45, 2.75) is 6.42 Å². The number of para-hydroxylation sites is 1. The first kappa shape index (κ1) is 15.0. The zero-order valence-corrected chi connectivity index (χ0v) is 13.1. The number of nitrogens with one attached hydrogen (secondary N) is 1. The number of methoxy groups -OCH3 is 1. The van der Waals surface area contributed by atoms with Crippen LogP contribution in [0.4, 0.5) is 17.1 Å². The van der Waals surface area contributed by atoms with Gasteiger partial charge in [-0.3, -0.25) is 0 Å². The van der Waals surface area contributed by atoms with Gasteiger partial charge in [0.2, 0.25) is 0 Å². The molecular weight excluding hydrogens is 284 g/mol. The summed E-state index contributed by atoms with van der Waals surface area (Å²) in [5.41, 5.74) is 10.9. The van der Waals surface area contributed by atoms with Crippen LogP contribution in [0, 0.1) is 0 Å². The maximum absolute atomic E-state index is 5.73. The third-order valence-corrected chi connectivity index (χ3v) is 3.71. The van der Waals surface area contributed by atoms with E-state index in [2.05, 4.69) is 35.6 Å². The summed E-state index contributed by atoms with van der Waals surface area (Å²) in [6.45, 7) is 0. The number of hydrogen-bond donors (Lipinski definition) is 2. The highest BCUT2D eigenvalue weighted by atomic mass is 16.5. The highest BCUT2D eigenvalue weighted by Crippen LogP contribution is 2.29. The second-order valence-electron chi connectivity index (χ2n) is 5.44. The second kappa shape index (κ2) is 6.88. The summed E-state index contributed by atoms with van der Waals surface area (Å²) in [5, 5.41) is 3.38. The summed E-state index contributed by atoms with van der Waals surface area (Å²) in [7, 11) is 1.69. The quantitative estimate of drug-likeness (QED) is 0.677. The van der Waals surface area contributed by atoms with Crippen molar-refractivity contribution in [1.29, 1.82) is 0 Å². The molecule has 3 heteroatoms. The van der Waals surface area contributed by atoms with Gasteiger partial charge in [0.25, 0.3) is 0 Å². The Morgan fingerprint density at radius 2 is 1.57 bits per heavy atom. The summed E-state index contributed by atoms with van der Waals surface area (Å²) in [4.78, 5) is 0. The van der Waals surface area contributed by atoms with E-state index in [9.17, 15) is 0 Å². The van der Waals surface area contributed by atoms with Crippen LogP contribution in [0.5, 0.6) is 5.75 Å². The molecule has 3 nitrogen and oxygen atoms in total. The summed E-state index contributed by atoms with van der Waals surface area (Å²) < 4.78 is 5.53. The van der Waals surface area contributed by atoms with Gasteiger partial charge in [-0.15, -0.1) is 0 Å². The number of benzene rings is 3. The molecule has 0 heterocycles. The van der Waals surface area contributed by atoms with Crippen molar-refractivity contribution in [3.8, 4) is 5.75 Å². The molecule has 0 aromatic heterocycles. The van der Waals surface area contributed by atoms with Crippen molar-refractivity contribution in [3.63, 3.8) is 0 Å². The summed E-state index contributed by atoms with van der Waals surface area (Å²) in [6, 6.07) is 24.3. The fourth-order valence-corrected chi connectivity index (χ4v) is 2.50. The van der Waals surface area contributed by atoms with Crippen LogP contribution in [0.2, 0.25) is 0 Å². The smallest absolute Gasteiger partial charge is 0.142 e. The lowest BCUT2D eigenvalue weighted by Gasteiger charge is -2.13. The van der Waals surface area contributed by atoms with Gasteiger partial charge in [-0.05, 0) is 53.9 Å². The molecule has 0 radical (unpaired) electrons. The van der Waals surface area contributed by atoms with Crippen molar-refractivity contribution >= 4 is 17.1 Å². The summed E-state index contributed by atoms with van der Waals surface area (Å²) in [5.74, 6) is 0.835. The van der Waals surface area contributed by atoms with Gasteiger partial charge in [0, 0.05) is 11.4 Å². The maximum atomic E-state index is 5.73. The first-order chi connectivity index (χ1) is 11.2. The van der Waals surface area contributed by atoms with E-state index < -0.39 is 0 Å². The van der Waals surface area contributed by atoms with E-state index in [0.29, 0.717) is 0 Å². The van der Waals surface area contributed by atoms with Gasteiger partial charge in [-0.2, -0.15) is 0 Å². The van der Waals surface area contributed by atoms with E-state index in [1.54, 1.807) is 7.11 Å². The highest BCUT2D eigenvalue weighted by molar-refractivity contribution is 5.67. The number of hydrogen-bond acceptors (Lipinski definition) is 3. The third-order valence-electron chi connectivity index (χ3n) is 3.71. The van der Waals surface area contributed by atoms with Crippen LogP contribution in [0.3, 0.4) is 0 Å². The molecule has 0 saturated heterocycles. The molecule has 3 N–H and O–H groups in total. The lowest BCUT2D eigenvalue weighted by Crippen LogP contribution is -1.97. The van der Waals surface area contributed by atoms with Crippen LogP contribution in [-0.4, -0.2) is 7.11 Å². The van der Waals surface area contributed by atoms with E-state index in [1.807, 2.05) is 42.5 Å². The summed E-state index contributed by atoms with van der Waals surface area (Å²) >= 11 is 0. The first-order valence-electron chi connectivity index (χ1n) is 7.58. The molecule has 0 aliphatic heterocycles. The van der Waals surface area contributed by atoms with Crippen LogP contribution in [0.1, 0.15) is 11.1 Å². The van der Waals surface area contributed by atoms with Crippen molar-refractivity contribution < 1.29 is 4.74 Å².